The van der Waals surface area contributed by atoms with Crippen molar-refractivity contribution in [3.8, 4) is 34.3 Å². The summed E-state index contributed by atoms with van der Waals surface area (Å²) >= 11 is 0. The molecule has 5 heterocycles. The highest BCUT2D eigenvalue weighted by Gasteiger charge is 2.26. The summed E-state index contributed by atoms with van der Waals surface area (Å²) in [7, 11) is 0. The zero-order valence-electron chi connectivity index (χ0n) is 34.0. The Morgan fingerprint density at radius 3 is 1.64 bits per heavy atom. The first kappa shape index (κ1) is 40.0. The quantitative estimate of drug-likeness (QED) is 0.127. The highest BCUT2D eigenvalue weighted by Crippen LogP contribution is 2.35. The van der Waals surface area contributed by atoms with Gasteiger partial charge < -0.3 is 35.8 Å². The second-order valence-electron chi connectivity index (χ2n) is 16.2. The van der Waals surface area contributed by atoms with Crippen molar-refractivity contribution in [1.82, 2.24) is 25.3 Å². The molecule has 1 amide bonds. The van der Waals surface area contributed by atoms with Crippen molar-refractivity contribution in [2.45, 2.75) is 70.9 Å². The largest absolute Gasteiger partial charge is 0.507 e. The lowest BCUT2D eigenvalue weighted by Crippen LogP contribution is -2.45. The summed E-state index contributed by atoms with van der Waals surface area (Å²) < 4.78 is 5.40. The van der Waals surface area contributed by atoms with Crippen molar-refractivity contribution in [2.75, 3.05) is 49.2 Å². The summed E-state index contributed by atoms with van der Waals surface area (Å²) in [4.78, 5) is 36.3. The minimum absolute atomic E-state index is 0.162. The van der Waals surface area contributed by atoms with Gasteiger partial charge in [-0.1, -0.05) is 36.4 Å². The maximum absolute atomic E-state index is 12.6. The summed E-state index contributed by atoms with van der Waals surface area (Å²) in [5.41, 5.74) is 11.4. The fourth-order valence-electron chi connectivity index (χ4n) is 8.34. The number of anilines is 2. The average molecular weight is 795 g/mol. The zero-order chi connectivity index (χ0) is 40.9. The summed E-state index contributed by atoms with van der Waals surface area (Å²) in [6, 6.07) is 27.3. The molecule has 12 nitrogen and oxygen atoms in total. The first-order valence-corrected chi connectivity index (χ1v) is 20.9. The number of benzene rings is 4. The Labute approximate surface area is 345 Å². The molecule has 3 aliphatic rings. The van der Waals surface area contributed by atoms with Gasteiger partial charge in [0.2, 0.25) is 5.91 Å². The number of phenolic OH excluding ortho intramolecular Hbond substituents is 2. The number of fused-ring (bicyclic) bond motifs is 2. The molecular weight excluding hydrogens is 741 g/mol. The van der Waals surface area contributed by atoms with Crippen LogP contribution in [0.4, 0.5) is 11.6 Å². The lowest BCUT2D eigenvalue weighted by atomic mass is 9.95. The van der Waals surface area contributed by atoms with Crippen LogP contribution in [0.25, 0.3) is 44.6 Å². The smallest absolute Gasteiger partial charge is 0.220 e. The van der Waals surface area contributed by atoms with Gasteiger partial charge in [0.05, 0.1) is 22.2 Å². The van der Waals surface area contributed by atoms with Crippen LogP contribution in [-0.2, 0) is 9.53 Å². The molecular formula is C47H54N8O4. The number of nitrogens with two attached hydrogens (primary N) is 1. The van der Waals surface area contributed by atoms with Crippen LogP contribution in [-0.4, -0.2) is 87.5 Å². The van der Waals surface area contributed by atoms with Crippen molar-refractivity contribution >= 4 is 39.3 Å². The number of aromatic nitrogens is 4. The number of aromatic hydroxyl groups is 2. The monoisotopic (exact) mass is 794 g/mol. The van der Waals surface area contributed by atoms with E-state index in [1.165, 1.54) is 0 Å². The van der Waals surface area contributed by atoms with Gasteiger partial charge in [0.15, 0.2) is 11.6 Å². The number of carbonyl (C=O) groups is 1. The van der Waals surface area contributed by atoms with Gasteiger partial charge in [-0.3, -0.25) is 4.79 Å². The molecule has 0 saturated carbocycles. The summed E-state index contributed by atoms with van der Waals surface area (Å²) in [6.45, 7) is 9.04. The molecule has 0 radical (unpaired) electrons. The van der Waals surface area contributed by atoms with Crippen molar-refractivity contribution in [3.63, 3.8) is 0 Å². The van der Waals surface area contributed by atoms with Gasteiger partial charge in [0.25, 0.3) is 0 Å². The van der Waals surface area contributed by atoms with E-state index in [9.17, 15) is 15.0 Å². The van der Waals surface area contributed by atoms with E-state index in [0.717, 1.165) is 122 Å². The normalized spacial score (nSPS) is 16.9. The summed E-state index contributed by atoms with van der Waals surface area (Å²) in [5, 5.41) is 25.9. The van der Waals surface area contributed by atoms with E-state index in [-0.39, 0.29) is 29.5 Å². The zero-order valence-corrected chi connectivity index (χ0v) is 34.0. The van der Waals surface area contributed by atoms with E-state index in [4.69, 9.17) is 30.4 Å². The Morgan fingerprint density at radius 1 is 0.678 bits per heavy atom. The second-order valence-corrected chi connectivity index (χ2v) is 16.2. The van der Waals surface area contributed by atoms with Crippen molar-refractivity contribution in [1.29, 1.82) is 0 Å². The third-order valence-electron chi connectivity index (χ3n) is 11.8. The highest BCUT2D eigenvalue weighted by atomic mass is 16.5. The van der Waals surface area contributed by atoms with Gasteiger partial charge in [-0.2, -0.15) is 0 Å². The van der Waals surface area contributed by atoms with Crippen molar-refractivity contribution in [3.05, 3.63) is 96.1 Å². The van der Waals surface area contributed by atoms with Crippen LogP contribution in [0.15, 0.2) is 84.9 Å². The number of amides is 1. The van der Waals surface area contributed by atoms with E-state index in [1.807, 2.05) is 24.3 Å². The fourth-order valence-corrected chi connectivity index (χ4v) is 8.34. The molecule has 6 aromatic rings. The van der Waals surface area contributed by atoms with Crippen LogP contribution in [0.3, 0.4) is 0 Å². The van der Waals surface area contributed by atoms with Crippen LogP contribution in [0.2, 0.25) is 0 Å². The second kappa shape index (κ2) is 18.0. The van der Waals surface area contributed by atoms with E-state index >= 15 is 0 Å². The molecule has 59 heavy (non-hydrogen) atoms. The van der Waals surface area contributed by atoms with Crippen LogP contribution in [0, 0.1) is 19.8 Å². The molecule has 4 aromatic carbocycles. The first-order valence-electron chi connectivity index (χ1n) is 20.9. The lowest BCUT2D eigenvalue weighted by Gasteiger charge is -2.34. The maximum atomic E-state index is 12.6. The number of para-hydroxylation sites is 2. The van der Waals surface area contributed by atoms with Crippen LogP contribution >= 0.6 is 0 Å². The SMILES string of the molecule is Cc1ccc2c(N3CCC(N)CC3)nc(-c3ccccc3O)nc2c1.Cc1ccc2c(N3CCC(NC(=O)CC4CCOCC4)CC3)nc(-c3ccccc3O)nc2c1. The molecule has 0 atom stereocenters. The van der Waals surface area contributed by atoms with Crippen LogP contribution in [0.1, 0.15) is 56.1 Å². The molecule has 3 fully saturated rings. The Morgan fingerprint density at radius 2 is 1.15 bits per heavy atom. The third kappa shape index (κ3) is 9.40. The first-order chi connectivity index (χ1) is 28.7. The molecule has 0 spiro atoms. The van der Waals surface area contributed by atoms with Crippen LogP contribution in [0.5, 0.6) is 11.5 Å². The molecule has 0 aliphatic carbocycles. The summed E-state index contributed by atoms with van der Waals surface area (Å²) in [5.74, 6) is 3.87. The van der Waals surface area contributed by atoms with Crippen molar-refractivity contribution < 1.29 is 19.7 Å². The molecule has 9 rings (SSSR count). The molecule has 3 aliphatic heterocycles. The maximum Gasteiger partial charge on any atom is 0.220 e. The topological polar surface area (TPSA) is 163 Å². The number of aryl methyl sites for hydroxylation is 2. The van der Waals surface area contributed by atoms with E-state index < -0.39 is 0 Å². The summed E-state index contributed by atoms with van der Waals surface area (Å²) in [6.07, 6.45) is 6.23. The predicted octanol–water partition coefficient (Wildman–Crippen LogP) is 7.45. The molecule has 12 heteroatoms. The third-order valence-corrected chi connectivity index (χ3v) is 11.8. The molecule has 306 valence electrons. The Hall–Kier alpha value is -5.85. The Kier molecular flexibility index (Phi) is 12.2. The van der Waals surface area contributed by atoms with E-state index in [1.54, 1.807) is 24.3 Å². The number of rotatable bonds is 7. The Balaban J connectivity index is 0.000000172. The minimum Gasteiger partial charge on any atom is -0.507 e. The molecule has 0 unspecified atom stereocenters. The number of nitrogens with one attached hydrogen (secondary N) is 1. The number of hydrogen-bond acceptors (Lipinski definition) is 11. The fraction of sp³-hybridized carbons (Fsp3) is 0.383. The van der Waals surface area contributed by atoms with Gasteiger partial charge >= 0.3 is 0 Å². The molecule has 2 aromatic heterocycles. The van der Waals surface area contributed by atoms with Gasteiger partial charge in [0.1, 0.15) is 23.1 Å². The van der Waals surface area contributed by atoms with Crippen molar-refractivity contribution in [2.24, 2.45) is 11.7 Å². The number of phenols is 2. The number of hydrogen-bond donors (Lipinski definition) is 4. The number of nitrogens with zero attached hydrogens (tertiary/aromatic N) is 6. The highest BCUT2D eigenvalue weighted by molar-refractivity contribution is 5.93. The average Bonchev–Trinajstić information content (AvgIpc) is 3.24. The van der Waals surface area contributed by atoms with E-state index in [2.05, 4.69) is 65.4 Å². The molecule has 0 bridgehead atoms. The van der Waals surface area contributed by atoms with E-state index in [0.29, 0.717) is 35.1 Å². The lowest BCUT2D eigenvalue weighted by molar-refractivity contribution is -0.123. The minimum atomic E-state index is 0.162. The van der Waals surface area contributed by atoms with Gasteiger partial charge in [-0.25, -0.2) is 19.9 Å². The van der Waals surface area contributed by atoms with Gasteiger partial charge in [0, 0.05) is 68.7 Å². The Bertz CT molecular complexity index is 2420. The number of ether oxygens (including phenoxy) is 1. The number of piperidine rings is 2. The predicted molar refractivity (Wildman–Crippen MR) is 234 cm³/mol. The standard InChI is InChI=1S/C27H32N4O3.C20H22N4O/c1-18-6-7-21-23(16-18)29-26(22-4-2-3-5-24(22)32)30-27(21)31-12-8-20(9-13-31)28-25(33)17-19-10-14-34-15-11-19;1-13-6-7-15-17(12-13)22-19(16-4-2-3-5-18(16)25)23-20(15)24-10-8-14(21)9-11-24/h2-7,16,19-20,32H,8-15,17H2,1H3,(H,28,33);2-7,12,14,25H,8-11,21H2,1H3. The van der Waals surface area contributed by atoms with Crippen LogP contribution < -0.4 is 20.9 Å². The number of carbonyl (C=O) groups excluding carboxylic acids is 1. The van der Waals surface area contributed by atoms with Gasteiger partial charge in [-0.05, 0) is 118 Å². The molecule has 5 N–H and O–H groups in total. The van der Waals surface area contributed by atoms with Gasteiger partial charge in [-0.15, -0.1) is 0 Å². The molecule has 3 saturated heterocycles.